The largest absolute Gasteiger partial charge is 0.397 e. The maximum Gasteiger partial charge on any atom is 0.263 e. The third-order valence-electron chi connectivity index (χ3n) is 5.85. The van der Waals surface area contributed by atoms with Crippen molar-refractivity contribution < 1.29 is 9.53 Å². The minimum absolute atomic E-state index is 0.0838. The van der Waals surface area contributed by atoms with Gasteiger partial charge >= 0.3 is 0 Å². The fourth-order valence-electron chi connectivity index (χ4n) is 4.10. The highest BCUT2D eigenvalue weighted by atomic mass is 32.1. The first-order chi connectivity index (χ1) is 15.6. The molecule has 1 amide bonds. The average Bonchev–Trinajstić information content (AvgIpc) is 3.46. The van der Waals surface area contributed by atoms with Crippen LogP contribution in [0.2, 0.25) is 0 Å². The number of carbonyl (C=O) groups is 1. The predicted octanol–water partition coefficient (Wildman–Crippen LogP) is 5.43. The summed E-state index contributed by atoms with van der Waals surface area (Å²) in [6.07, 6.45) is 2.10. The number of carbonyl (C=O) groups excluding carboxylic acids is 1. The Bertz CT molecular complexity index is 1260. The van der Waals surface area contributed by atoms with E-state index in [4.69, 9.17) is 15.5 Å². The second-order valence-electron chi connectivity index (χ2n) is 8.16. The SMILES string of the molecule is Cc1ccc(-c2cc(-c3ccccc3)nc3sc(C(=O)NCC4CCCO4)c(N)c23)cc1. The van der Waals surface area contributed by atoms with Crippen molar-refractivity contribution in [2.24, 2.45) is 0 Å². The predicted molar refractivity (Wildman–Crippen MR) is 131 cm³/mol. The lowest BCUT2D eigenvalue weighted by Crippen LogP contribution is -2.31. The van der Waals surface area contributed by atoms with Crippen molar-refractivity contribution in [1.82, 2.24) is 10.3 Å². The molecule has 1 saturated heterocycles. The lowest BCUT2D eigenvalue weighted by atomic mass is 9.99. The number of fused-ring (bicyclic) bond motifs is 1. The number of anilines is 1. The lowest BCUT2D eigenvalue weighted by molar-refractivity contribution is 0.0862. The Hall–Kier alpha value is -3.22. The molecule has 0 bridgehead atoms. The van der Waals surface area contributed by atoms with Crippen molar-refractivity contribution in [3.63, 3.8) is 0 Å². The van der Waals surface area contributed by atoms with Crippen LogP contribution in [0.1, 0.15) is 28.1 Å². The van der Waals surface area contributed by atoms with E-state index in [9.17, 15) is 4.79 Å². The Morgan fingerprint density at radius 2 is 1.94 bits per heavy atom. The topological polar surface area (TPSA) is 77.2 Å². The van der Waals surface area contributed by atoms with Gasteiger partial charge in [-0.15, -0.1) is 11.3 Å². The zero-order valence-electron chi connectivity index (χ0n) is 17.9. The Morgan fingerprint density at radius 3 is 2.66 bits per heavy atom. The van der Waals surface area contributed by atoms with Gasteiger partial charge in [-0.3, -0.25) is 4.79 Å². The molecule has 2 aromatic carbocycles. The number of nitrogens with zero attached hydrogens (tertiary/aromatic N) is 1. The van der Waals surface area contributed by atoms with Crippen molar-refractivity contribution >= 4 is 33.1 Å². The first kappa shape index (κ1) is 20.7. The van der Waals surface area contributed by atoms with Crippen LogP contribution >= 0.6 is 11.3 Å². The number of aromatic nitrogens is 1. The Morgan fingerprint density at radius 1 is 1.16 bits per heavy atom. The molecule has 0 spiro atoms. The quantitative estimate of drug-likeness (QED) is 0.431. The number of amides is 1. The zero-order valence-corrected chi connectivity index (χ0v) is 18.7. The molecule has 0 radical (unpaired) electrons. The number of hydrogen-bond donors (Lipinski definition) is 2. The molecule has 4 aromatic rings. The van der Waals surface area contributed by atoms with Gasteiger partial charge in [-0.05, 0) is 37.0 Å². The Balaban J connectivity index is 1.60. The van der Waals surface area contributed by atoms with Crippen LogP contribution in [0, 0.1) is 6.92 Å². The number of nitrogen functional groups attached to an aromatic ring is 1. The van der Waals surface area contributed by atoms with Crippen LogP contribution in [0.4, 0.5) is 5.69 Å². The Kier molecular flexibility index (Phi) is 5.64. The van der Waals surface area contributed by atoms with Crippen molar-refractivity contribution in [3.8, 4) is 22.4 Å². The molecule has 3 N–H and O–H groups in total. The van der Waals surface area contributed by atoms with Gasteiger partial charge in [0.1, 0.15) is 9.71 Å². The normalized spacial score (nSPS) is 15.8. The van der Waals surface area contributed by atoms with Gasteiger partial charge in [0, 0.05) is 24.1 Å². The molecule has 0 saturated carbocycles. The van der Waals surface area contributed by atoms with Gasteiger partial charge in [0.25, 0.3) is 5.91 Å². The van der Waals surface area contributed by atoms with Crippen molar-refractivity contribution in [2.45, 2.75) is 25.9 Å². The molecular formula is C26H25N3O2S. The minimum atomic E-state index is -0.169. The first-order valence-electron chi connectivity index (χ1n) is 10.9. The summed E-state index contributed by atoms with van der Waals surface area (Å²) in [6, 6.07) is 20.5. The van der Waals surface area contributed by atoms with Crippen LogP contribution in [0.25, 0.3) is 32.6 Å². The van der Waals surface area contributed by atoms with E-state index in [-0.39, 0.29) is 12.0 Å². The maximum atomic E-state index is 13.0. The summed E-state index contributed by atoms with van der Waals surface area (Å²) < 4.78 is 5.62. The van der Waals surface area contributed by atoms with Crippen molar-refractivity contribution in [3.05, 3.63) is 71.1 Å². The number of nitrogens with two attached hydrogens (primary N) is 1. The third-order valence-corrected chi connectivity index (χ3v) is 6.95. The van der Waals surface area contributed by atoms with Gasteiger partial charge in [0.2, 0.25) is 0 Å². The number of benzene rings is 2. The van der Waals surface area contributed by atoms with Gasteiger partial charge in [-0.2, -0.15) is 0 Å². The molecule has 1 aliphatic rings. The summed E-state index contributed by atoms with van der Waals surface area (Å²) in [7, 11) is 0. The highest BCUT2D eigenvalue weighted by Crippen LogP contribution is 2.41. The fraction of sp³-hybridized carbons (Fsp3) is 0.231. The average molecular weight is 444 g/mol. The second kappa shape index (κ2) is 8.73. The van der Waals surface area contributed by atoms with Crippen molar-refractivity contribution in [2.75, 3.05) is 18.9 Å². The molecule has 2 aromatic heterocycles. The van der Waals surface area contributed by atoms with Crippen LogP contribution in [0.3, 0.4) is 0 Å². The number of ether oxygens (including phenoxy) is 1. The van der Waals surface area contributed by atoms with Gasteiger partial charge in [-0.1, -0.05) is 60.2 Å². The molecule has 5 rings (SSSR count). The summed E-state index contributed by atoms with van der Waals surface area (Å²) in [4.78, 5) is 19.1. The van der Waals surface area contributed by atoms with E-state index in [1.807, 2.05) is 30.3 Å². The van der Waals surface area contributed by atoms with E-state index >= 15 is 0 Å². The summed E-state index contributed by atoms with van der Waals surface area (Å²) in [5.41, 5.74) is 12.2. The minimum Gasteiger partial charge on any atom is -0.397 e. The third kappa shape index (κ3) is 3.99. The second-order valence-corrected chi connectivity index (χ2v) is 9.16. The summed E-state index contributed by atoms with van der Waals surface area (Å²) in [5.74, 6) is -0.169. The molecule has 1 unspecified atom stereocenters. The van der Waals surface area contributed by atoms with E-state index in [1.54, 1.807) is 0 Å². The van der Waals surface area contributed by atoms with Crippen LogP contribution in [-0.4, -0.2) is 30.1 Å². The van der Waals surface area contributed by atoms with Crippen molar-refractivity contribution in [1.29, 1.82) is 0 Å². The van der Waals surface area contributed by atoms with Crippen LogP contribution in [0.15, 0.2) is 60.7 Å². The van der Waals surface area contributed by atoms with E-state index in [0.29, 0.717) is 17.1 Å². The van der Waals surface area contributed by atoms with E-state index < -0.39 is 0 Å². The monoisotopic (exact) mass is 443 g/mol. The number of pyridine rings is 1. The molecule has 1 aliphatic heterocycles. The van der Waals surface area contributed by atoms with Gasteiger partial charge in [0.05, 0.1) is 17.5 Å². The molecule has 162 valence electrons. The van der Waals surface area contributed by atoms with E-state index in [0.717, 1.165) is 52.0 Å². The number of aryl methyl sites for hydroxylation is 1. The molecule has 1 fully saturated rings. The van der Waals surface area contributed by atoms with E-state index in [1.165, 1.54) is 16.9 Å². The van der Waals surface area contributed by atoms with Gasteiger partial charge < -0.3 is 15.8 Å². The van der Waals surface area contributed by atoms with Gasteiger partial charge in [0.15, 0.2) is 0 Å². The Labute approximate surface area is 191 Å². The summed E-state index contributed by atoms with van der Waals surface area (Å²) in [6.45, 7) is 3.33. The number of hydrogen-bond acceptors (Lipinski definition) is 5. The standard InChI is InChI=1S/C26H25N3O2S/c1-16-9-11-17(12-10-16)20-14-21(18-6-3-2-4-7-18)29-26-22(20)23(27)24(32-26)25(30)28-15-19-8-5-13-31-19/h2-4,6-7,9-12,14,19H,5,8,13,15,27H2,1H3,(H,28,30). The smallest absolute Gasteiger partial charge is 0.263 e. The first-order valence-corrected chi connectivity index (χ1v) is 11.7. The summed E-state index contributed by atoms with van der Waals surface area (Å²) in [5, 5.41) is 3.83. The molecule has 0 aliphatic carbocycles. The highest BCUT2D eigenvalue weighted by molar-refractivity contribution is 7.21. The summed E-state index contributed by atoms with van der Waals surface area (Å²) >= 11 is 1.35. The highest BCUT2D eigenvalue weighted by Gasteiger charge is 2.23. The maximum absolute atomic E-state index is 13.0. The van der Waals surface area contributed by atoms with E-state index in [2.05, 4.69) is 42.6 Å². The fourth-order valence-corrected chi connectivity index (χ4v) is 5.14. The van der Waals surface area contributed by atoms with Crippen LogP contribution in [0.5, 0.6) is 0 Å². The lowest BCUT2D eigenvalue weighted by Gasteiger charge is -2.10. The zero-order chi connectivity index (χ0) is 22.1. The molecule has 5 nitrogen and oxygen atoms in total. The molecule has 1 atom stereocenters. The van der Waals surface area contributed by atoms with Crippen LogP contribution < -0.4 is 11.1 Å². The number of rotatable bonds is 5. The molecule has 6 heteroatoms. The number of thiophene rings is 1. The van der Waals surface area contributed by atoms with Gasteiger partial charge in [-0.25, -0.2) is 4.98 Å². The molecular weight excluding hydrogens is 418 g/mol. The number of nitrogens with one attached hydrogen (secondary N) is 1. The van der Waals surface area contributed by atoms with Crippen LogP contribution in [-0.2, 0) is 4.74 Å². The molecule has 3 heterocycles. The molecule has 32 heavy (non-hydrogen) atoms.